The van der Waals surface area contributed by atoms with Crippen molar-refractivity contribution in [2.75, 3.05) is 13.2 Å². The van der Waals surface area contributed by atoms with Gasteiger partial charge in [-0.3, -0.25) is 4.79 Å². The van der Waals surface area contributed by atoms with Crippen molar-refractivity contribution in [2.45, 2.75) is 91.1 Å². The molecule has 42 heavy (non-hydrogen) atoms. The van der Waals surface area contributed by atoms with Crippen LogP contribution in [0.3, 0.4) is 0 Å². The quantitative estimate of drug-likeness (QED) is 0.255. The van der Waals surface area contributed by atoms with E-state index in [0.29, 0.717) is 49.1 Å². The van der Waals surface area contributed by atoms with Gasteiger partial charge in [0.1, 0.15) is 11.5 Å². The minimum atomic E-state index is -1.06. The molecule has 3 N–H and O–H groups in total. The van der Waals surface area contributed by atoms with Gasteiger partial charge in [-0.2, -0.15) is 0 Å². The van der Waals surface area contributed by atoms with Gasteiger partial charge in [0.25, 0.3) is 0 Å². The maximum absolute atomic E-state index is 12.7. The lowest BCUT2D eigenvalue weighted by Crippen LogP contribution is -2.42. The first-order valence-electron chi connectivity index (χ1n) is 15.0. The van der Waals surface area contributed by atoms with E-state index in [0.717, 1.165) is 17.0 Å². The van der Waals surface area contributed by atoms with Gasteiger partial charge in [-0.25, -0.2) is 9.78 Å². The van der Waals surface area contributed by atoms with Gasteiger partial charge in [-0.05, 0) is 89.1 Å². The topological polar surface area (TPSA) is 119 Å². The number of rotatable bonds is 9. The summed E-state index contributed by atoms with van der Waals surface area (Å²) in [5, 5.41) is 9.95. The van der Waals surface area contributed by atoms with Gasteiger partial charge in [-0.15, -0.1) is 0 Å². The summed E-state index contributed by atoms with van der Waals surface area (Å²) in [6, 6.07) is 4.45. The summed E-state index contributed by atoms with van der Waals surface area (Å²) < 4.78 is 11.8. The molecule has 228 valence electrons. The number of benzene rings is 1. The minimum absolute atomic E-state index is 0. The number of amides is 1. The van der Waals surface area contributed by atoms with E-state index in [2.05, 4.69) is 11.1 Å². The zero-order chi connectivity index (χ0) is 30.7. The van der Waals surface area contributed by atoms with E-state index in [1.807, 2.05) is 58.9 Å². The molecule has 1 aromatic carbocycles. The van der Waals surface area contributed by atoms with Crippen molar-refractivity contribution in [3.63, 3.8) is 0 Å². The second-order valence-corrected chi connectivity index (χ2v) is 12.0. The number of aryl methyl sites for hydroxylation is 1. The average molecular weight is 578 g/mol. The number of aliphatic carboxylic acids is 1. The minimum Gasteiger partial charge on any atom is -0.493 e. The summed E-state index contributed by atoms with van der Waals surface area (Å²) in [5.41, 5.74) is 7.72. The number of ether oxygens (including phenoxy) is 1. The second kappa shape index (κ2) is 15.5. The first kappa shape index (κ1) is 32.9. The van der Waals surface area contributed by atoms with Gasteiger partial charge in [-0.1, -0.05) is 49.6 Å². The van der Waals surface area contributed by atoms with Gasteiger partial charge in [0.2, 0.25) is 11.8 Å². The van der Waals surface area contributed by atoms with E-state index in [4.69, 9.17) is 14.9 Å². The number of carbonyl (C=O) groups excluding carboxylic acids is 1. The molecular formula is C34H47N3O5. The fourth-order valence-electron chi connectivity index (χ4n) is 5.10. The SMILES string of the molecule is CC(C)(C)N.CC=CC=CC(=O)N1CCc2ccc(OCCc3nc(/C=C/C4CCCCC4)oc3C)cc2C1C(=O)O. The van der Waals surface area contributed by atoms with Crippen molar-refractivity contribution in [2.24, 2.45) is 11.7 Å². The maximum atomic E-state index is 12.7. The largest absolute Gasteiger partial charge is 0.493 e. The number of aromatic nitrogens is 1. The van der Waals surface area contributed by atoms with Crippen molar-refractivity contribution in [1.82, 2.24) is 9.88 Å². The van der Waals surface area contributed by atoms with Crippen LogP contribution in [0.5, 0.6) is 5.75 Å². The lowest BCUT2D eigenvalue weighted by atomic mass is 9.89. The third-order valence-electron chi connectivity index (χ3n) is 7.08. The summed E-state index contributed by atoms with van der Waals surface area (Å²) >= 11 is 0. The lowest BCUT2D eigenvalue weighted by molar-refractivity contribution is -0.149. The summed E-state index contributed by atoms with van der Waals surface area (Å²) in [7, 11) is 0. The molecule has 1 aliphatic heterocycles. The number of nitrogens with two attached hydrogens (primary N) is 1. The smallest absolute Gasteiger partial charge is 0.331 e. The molecule has 0 bridgehead atoms. The number of nitrogens with zero attached hydrogens (tertiary/aromatic N) is 2. The Morgan fingerprint density at radius 3 is 2.57 bits per heavy atom. The van der Waals surface area contributed by atoms with Crippen LogP contribution >= 0.6 is 0 Å². The van der Waals surface area contributed by atoms with Crippen LogP contribution in [0.4, 0.5) is 0 Å². The van der Waals surface area contributed by atoms with E-state index in [1.54, 1.807) is 18.2 Å². The van der Waals surface area contributed by atoms with Crippen molar-refractivity contribution >= 4 is 18.0 Å². The van der Waals surface area contributed by atoms with Crippen molar-refractivity contribution < 1.29 is 23.8 Å². The van der Waals surface area contributed by atoms with E-state index in [1.165, 1.54) is 43.1 Å². The number of hydrogen-bond acceptors (Lipinski definition) is 6. The number of allylic oxidation sites excluding steroid dienone is 4. The van der Waals surface area contributed by atoms with Crippen molar-refractivity contribution in [3.8, 4) is 5.75 Å². The molecule has 2 aromatic rings. The molecule has 4 rings (SSSR count). The summed E-state index contributed by atoms with van der Waals surface area (Å²) in [4.78, 5) is 30.9. The molecule has 0 saturated heterocycles. The van der Waals surface area contributed by atoms with Crippen LogP contribution in [0.15, 0.2) is 53.0 Å². The third kappa shape index (κ3) is 10.3. The Kier molecular flexibility index (Phi) is 12.2. The Balaban J connectivity index is 0.000000892. The average Bonchev–Trinajstić information content (AvgIpc) is 3.29. The highest BCUT2D eigenvalue weighted by Crippen LogP contribution is 2.33. The first-order chi connectivity index (χ1) is 20.0. The predicted octanol–water partition coefficient (Wildman–Crippen LogP) is 6.58. The molecule has 1 atom stereocenters. The number of fused-ring (bicyclic) bond motifs is 1. The number of carboxylic acid groups (broad SMARTS) is 1. The molecular weight excluding hydrogens is 530 g/mol. The van der Waals surface area contributed by atoms with Gasteiger partial charge in [0, 0.05) is 24.6 Å². The lowest BCUT2D eigenvalue weighted by Gasteiger charge is -2.34. The zero-order valence-corrected chi connectivity index (χ0v) is 25.8. The van der Waals surface area contributed by atoms with Crippen LogP contribution in [0.25, 0.3) is 6.08 Å². The molecule has 1 aromatic heterocycles. The van der Waals surface area contributed by atoms with E-state index in [-0.39, 0.29) is 11.4 Å². The number of oxazole rings is 1. The standard InChI is InChI=1S/C30H36N2O5.C4H11N/c1-3-4-6-11-28(33)32-18-16-23-13-14-24(20-25(23)29(32)30(34)35)36-19-17-26-21(2)37-27(31-26)15-12-22-9-7-5-8-10-22;1-4(2,3)5/h3-4,6,11-15,20,22,29H,5,7-10,16-19H2,1-2H3,(H,34,35);5H2,1-3H3/b4-3?,11-6?,15-12+;. The molecule has 1 unspecified atom stereocenters. The normalized spacial score (nSPS) is 17.9. The second-order valence-electron chi connectivity index (χ2n) is 12.0. The first-order valence-corrected chi connectivity index (χ1v) is 15.0. The zero-order valence-electron chi connectivity index (χ0n) is 25.8. The molecule has 8 heteroatoms. The van der Waals surface area contributed by atoms with Crippen LogP contribution in [0.1, 0.15) is 94.3 Å². The van der Waals surface area contributed by atoms with Crippen molar-refractivity contribution in [3.05, 3.63) is 77.1 Å². The van der Waals surface area contributed by atoms with Crippen LogP contribution in [-0.2, 0) is 22.4 Å². The molecule has 0 spiro atoms. The fourth-order valence-corrected chi connectivity index (χ4v) is 5.10. The number of carboxylic acids is 1. The van der Waals surface area contributed by atoms with Crippen LogP contribution in [0.2, 0.25) is 0 Å². The summed E-state index contributed by atoms with van der Waals surface area (Å²) in [6.45, 7) is 10.4. The Labute approximate surface area is 250 Å². The van der Waals surface area contributed by atoms with E-state index in [9.17, 15) is 14.7 Å². The van der Waals surface area contributed by atoms with Gasteiger partial charge < -0.3 is 24.9 Å². The Hall–Kier alpha value is -3.65. The van der Waals surface area contributed by atoms with Gasteiger partial charge in [0.05, 0.1) is 12.3 Å². The van der Waals surface area contributed by atoms with Crippen LogP contribution in [0, 0.1) is 12.8 Å². The summed E-state index contributed by atoms with van der Waals surface area (Å²) in [5.74, 6) is 1.21. The van der Waals surface area contributed by atoms with Crippen LogP contribution in [-0.4, -0.2) is 45.6 Å². The Bertz CT molecular complexity index is 1270. The highest BCUT2D eigenvalue weighted by Gasteiger charge is 2.35. The number of carbonyl (C=O) groups is 2. The molecule has 2 aliphatic rings. The third-order valence-corrected chi connectivity index (χ3v) is 7.08. The van der Waals surface area contributed by atoms with E-state index < -0.39 is 12.0 Å². The van der Waals surface area contributed by atoms with Gasteiger partial charge >= 0.3 is 5.97 Å². The van der Waals surface area contributed by atoms with Crippen LogP contribution < -0.4 is 10.5 Å². The molecule has 1 fully saturated rings. The molecule has 8 nitrogen and oxygen atoms in total. The summed E-state index contributed by atoms with van der Waals surface area (Å²) in [6.07, 6.45) is 18.3. The molecule has 2 heterocycles. The van der Waals surface area contributed by atoms with E-state index >= 15 is 0 Å². The predicted molar refractivity (Wildman–Crippen MR) is 166 cm³/mol. The molecule has 0 radical (unpaired) electrons. The molecule has 1 saturated carbocycles. The Morgan fingerprint density at radius 1 is 1.19 bits per heavy atom. The maximum Gasteiger partial charge on any atom is 0.331 e. The van der Waals surface area contributed by atoms with Gasteiger partial charge in [0.15, 0.2) is 6.04 Å². The highest BCUT2D eigenvalue weighted by atomic mass is 16.5. The Morgan fingerprint density at radius 2 is 1.90 bits per heavy atom. The monoisotopic (exact) mass is 577 g/mol. The van der Waals surface area contributed by atoms with Crippen molar-refractivity contribution in [1.29, 1.82) is 0 Å². The highest BCUT2D eigenvalue weighted by molar-refractivity contribution is 5.92. The molecule has 1 aliphatic carbocycles. The molecule has 1 amide bonds. The number of hydrogen-bond donors (Lipinski definition) is 2. The fraction of sp³-hybridized carbons (Fsp3) is 0.500.